The minimum Gasteiger partial charge on any atom is -0.478 e. The molecule has 2 aromatic carbocycles. The number of hydrogen-bond acceptors (Lipinski definition) is 5. The number of carboxylic acids is 1. The van der Waals surface area contributed by atoms with Crippen molar-refractivity contribution in [3.63, 3.8) is 0 Å². The lowest BCUT2D eigenvalue weighted by molar-refractivity contribution is -0.0107. The van der Waals surface area contributed by atoms with E-state index in [2.05, 4.69) is 14.6 Å². The van der Waals surface area contributed by atoms with Gasteiger partial charge in [-0.15, -0.1) is 9.24 Å². The maximum atomic E-state index is 14.1. The predicted octanol–water partition coefficient (Wildman–Crippen LogP) is 3.81. The van der Waals surface area contributed by atoms with Gasteiger partial charge < -0.3 is 15.2 Å². The summed E-state index contributed by atoms with van der Waals surface area (Å²) in [5.74, 6) is -0.818. The van der Waals surface area contributed by atoms with E-state index in [1.54, 1.807) is 28.9 Å². The number of benzene rings is 2. The number of fused-ring (bicyclic) bond motifs is 1. The van der Waals surface area contributed by atoms with E-state index in [1.165, 1.54) is 0 Å². The molecule has 0 spiro atoms. The second kappa shape index (κ2) is 9.38. The Morgan fingerprint density at radius 3 is 2.61 bits per heavy atom. The summed E-state index contributed by atoms with van der Waals surface area (Å²) in [6, 6.07) is 11.2. The van der Waals surface area contributed by atoms with E-state index in [-0.39, 0.29) is 17.5 Å². The lowest BCUT2D eigenvalue weighted by Crippen LogP contribution is -2.52. The van der Waals surface area contributed by atoms with Crippen molar-refractivity contribution >= 4 is 38.0 Å². The zero-order valence-electron chi connectivity index (χ0n) is 19.7. The molecule has 2 fully saturated rings. The molecule has 1 saturated carbocycles. The Bertz CT molecular complexity index is 1380. The number of carboxylic acid groups (broad SMARTS) is 1. The van der Waals surface area contributed by atoms with Gasteiger partial charge in [0, 0.05) is 23.6 Å². The van der Waals surface area contributed by atoms with Gasteiger partial charge in [0.05, 0.1) is 46.8 Å². The quantitative estimate of drug-likeness (QED) is 0.477. The fourth-order valence-corrected chi connectivity index (χ4v) is 6.00. The second-order valence-corrected chi connectivity index (χ2v) is 10.9. The number of aromatic nitrogens is 2. The molecule has 1 saturated heterocycles. The van der Waals surface area contributed by atoms with Crippen molar-refractivity contribution in [2.45, 2.75) is 50.1 Å². The van der Waals surface area contributed by atoms with Crippen LogP contribution in [0.5, 0.6) is 0 Å². The van der Waals surface area contributed by atoms with Gasteiger partial charge in [-0.3, -0.25) is 4.79 Å². The highest BCUT2D eigenvalue weighted by Gasteiger charge is 2.35. The summed E-state index contributed by atoms with van der Waals surface area (Å²) in [4.78, 5) is 25.5. The molecule has 0 radical (unpaired) electrons. The van der Waals surface area contributed by atoms with Crippen molar-refractivity contribution in [3.05, 3.63) is 69.4 Å². The number of nitrogens with zero attached hydrogens (tertiary/aromatic N) is 2. The van der Waals surface area contributed by atoms with E-state index in [1.807, 2.05) is 12.1 Å². The fourth-order valence-electron chi connectivity index (χ4n) is 5.32. The number of carbonyl (C=O) groups excluding carboxylic acids is 1. The number of nitrogens with one attached hydrogen (secondary N) is 1. The first-order chi connectivity index (χ1) is 17.4. The summed E-state index contributed by atoms with van der Waals surface area (Å²) in [7, 11) is 2.62. The van der Waals surface area contributed by atoms with Crippen LogP contribution in [0.15, 0.2) is 36.4 Å². The van der Waals surface area contributed by atoms with Gasteiger partial charge in [0.15, 0.2) is 0 Å². The lowest BCUT2D eigenvalue weighted by Gasteiger charge is -2.33. The van der Waals surface area contributed by atoms with E-state index >= 15 is 0 Å². The first kappa shape index (κ1) is 23.8. The molecular weight excluding hydrogens is 497 g/mol. The largest absolute Gasteiger partial charge is 0.478 e. The van der Waals surface area contributed by atoms with Gasteiger partial charge in [0.2, 0.25) is 0 Å². The molecule has 3 aliphatic rings. The maximum absolute atomic E-state index is 14.1. The summed E-state index contributed by atoms with van der Waals surface area (Å²) in [5, 5.41) is 19.1. The topological polar surface area (TPSA) is 93.5 Å². The molecule has 2 unspecified atom stereocenters. The van der Waals surface area contributed by atoms with Gasteiger partial charge in [0.1, 0.15) is 0 Å². The number of aromatic carboxylic acids is 1. The molecule has 3 aromatic rings. The first-order valence-electron chi connectivity index (χ1n) is 12.3. The third-order valence-electron chi connectivity index (χ3n) is 7.40. The number of halogens is 1. The van der Waals surface area contributed by atoms with Gasteiger partial charge in [0.25, 0.3) is 5.91 Å². The Balaban J connectivity index is 1.45. The highest BCUT2D eigenvalue weighted by atomic mass is 35.5. The third kappa shape index (κ3) is 4.28. The maximum Gasteiger partial charge on any atom is 0.335 e. The van der Waals surface area contributed by atoms with E-state index < -0.39 is 5.97 Å². The Hall–Kier alpha value is -2.57. The molecule has 7 nitrogen and oxygen atoms in total. The van der Waals surface area contributed by atoms with Crippen LogP contribution in [-0.2, 0) is 17.6 Å². The van der Waals surface area contributed by atoms with Gasteiger partial charge in [-0.1, -0.05) is 29.8 Å². The zero-order chi connectivity index (χ0) is 25.0. The van der Waals surface area contributed by atoms with E-state index in [4.69, 9.17) is 21.4 Å². The number of rotatable bonds is 6. The van der Waals surface area contributed by atoms with Crippen LogP contribution in [0.25, 0.3) is 11.3 Å². The Morgan fingerprint density at radius 1 is 1.14 bits per heavy atom. The monoisotopic (exact) mass is 523 g/mol. The van der Waals surface area contributed by atoms with Crippen molar-refractivity contribution in [3.8, 4) is 11.3 Å². The molecule has 0 amide bonds. The van der Waals surface area contributed by atoms with Crippen molar-refractivity contribution in [2.24, 2.45) is 0 Å². The molecule has 0 bridgehead atoms. The summed E-state index contributed by atoms with van der Waals surface area (Å²) in [6.07, 6.45) is 4.49. The fraction of sp³-hybridized carbons (Fsp3) is 0.370. The number of ether oxygens (including phenoxy) is 1. The SMILES string of the molecule is O=C(O)c1ccc(-c2nn(C(=O)c3c(Cl)cccc3C3CC3)c3c2CCC(NC2COC2)C3)c(P)c1. The molecule has 2 atom stereocenters. The molecule has 9 heteroatoms. The number of hydrogen-bond donors (Lipinski definition) is 2. The minimum absolute atomic E-state index is 0.204. The highest BCUT2D eigenvalue weighted by molar-refractivity contribution is 7.28. The van der Waals surface area contributed by atoms with Crippen LogP contribution in [-0.4, -0.2) is 52.1 Å². The zero-order valence-corrected chi connectivity index (χ0v) is 21.6. The normalized spacial score (nSPS) is 19.6. The van der Waals surface area contributed by atoms with Crippen molar-refractivity contribution in [1.82, 2.24) is 15.1 Å². The Morgan fingerprint density at radius 2 is 1.94 bits per heavy atom. The van der Waals surface area contributed by atoms with Gasteiger partial charge in [-0.25, -0.2) is 4.79 Å². The molecule has 2 N–H and O–H groups in total. The minimum atomic E-state index is -0.979. The molecule has 1 aromatic heterocycles. The summed E-state index contributed by atoms with van der Waals surface area (Å²) < 4.78 is 6.88. The first-order valence-corrected chi connectivity index (χ1v) is 13.3. The molecule has 36 heavy (non-hydrogen) atoms. The predicted molar refractivity (Wildman–Crippen MR) is 141 cm³/mol. The van der Waals surface area contributed by atoms with E-state index in [0.29, 0.717) is 42.2 Å². The average Bonchev–Trinajstić information content (AvgIpc) is 3.62. The van der Waals surface area contributed by atoms with Crippen LogP contribution in [0.2, 0.25) is 5.02 Å². The Labute approximate surface area is 216 Å². The van der Waals surface area contributed by atoms with Gasteiger partial charge in [-0.2, -0.15) is 9.78 Å². The summed E-state index contributed by atoms with van der Waals surface area (Å²) in [6.45, 7) is 1.42. The van der Waals surface area contributed by atoms with Crippen LogP contribution in [0.4, 0.5) is 0 Å². The van der Waals surface area contributed by atoms with Crippen LogP contribution in [0.3, 0.4) is 0 Å². The lowest BCUT2D eigenvalue weighted by atomic mass is 9.89. The van der Waals surface area contributed by atoms with Crippen molar-refractivity contribution in [2.75, 3.05) is 13.2 Å². The molecule has 2 heterocycles. The molecule has 186 valence electrons. The van der Waals surface area contributed by atoms with Crippen LogP contribution < -0.4 is 10.6 Å². The standard InChI is InChI=1S/C27H27ClN3O4P/c28-21-3-1-2-18(14-4-5-14)24(21)26(32)31-22-11-16(29-17-12-35-13-17)7-9-19(22)25(30-31)20-8-6-15(27(33)34)10-23(20)36/h1-3,6,8,10,14,16-17,29H,4-5,7,9,11-13,36H2,(H,33,34). The smallest absolute Gasteiger partial charge is 0.335 e. The summed E-state index contributed by atoms with van der Waals surface area (Å²) in [5.41, 5.74) is 5.22. The summed E-state index contributed by atoms with van der Waals surface area (Å²) >= 11 is 6.60. The second-order valence-electron chi connectivity index (χ2n) is 9.92. The Kier molecular flexibility index (Phi) is 6.21. The van der Waals surface area contributed by atoms with Gasteiger partial charge in [-0.05, 0) is 60.7 Å². The molecule has 6 rings (SSSR count). The van der Waals surface area contributed by atoms with Crippen molar-refractivity contribution < 1.29 is 19.4 Å². The van der Waals surface area contributed by atoms with E-state index in [0.717, 1.165) is 59.1 Å². The highest BCUT2D eigenvalue weighted by Crippen LogP contribution is 2.43. The number of carbonyl (C=O) groups is 2. The van der Waals surface area contributed by atoms with Crippen LogP contribution in [0, 0.1) is 0 Å². The van der Waals surface area contributed by atoms with Crippen LogP contribution >= 0.6 is 20.8 Å². The molecule has 2 aliphatic carbocycles. The van der Waals surface area contributed by atoms with E-state index in [9.17, 15) is 14.7 Å². The molecular formula is C27H27ClN3O4P. The third-order valence-corrected chi connectivity index (χ3v) is 8.20. The van der Waals surface area contributed by atoms with Crippen molar-refractivity contribution in [1.29, 1.82) is 0 Å². The van der Waals surface area contributed by atoms with Crippen LogP contribution in [0.1, 0.15) is 62.7 Å². The molecule has 1 aliphatic heterocycles. The average molecular weight is 524 g/mol. The van der Waals surface area contributed by atoms with Gasteiger partial charge >= 0.3 is 5.97 Å².